The smallest absolute Gasteiger partial charge is 0.315 e. The summed E-state index contributed by atoms with van der Waals surface area (Å²) in [5, 5.41) is 0. The van der Waals surface area contributed by atoms with Crippen molar-refractivity contribution in [3.63, 3.8) is 0 Å². The number of carbonyl (C=O) groups excluding carboxylic acids is 1. The van der Waals surface area contributed by atoms with Crippen LogP contribution in [0, 0.1) is 0 Å². The third kappa shape index (κ3) is 4.50. The zero-order chi connectivity index (χ0) is 11.8. The van der Waals surface area contributed by atoms with Gasteiger partial charge in [-0.05, 0) is 19.1 Å². The van der Waals surface area contributed by atoms with Gasteiger partial charge >= 0.3 is 5.97 Å². The topological polar surface area (TPSA) is 77.2 Å². The molecule has 0 saturated carbocycles. The summed E-state index contributed by atoms with van der Waals surface area (Å²) >= 11 is 1.47. The third-order valence-electron chi connectivity index (χ3n) is 1.76. The first-order valence-electron chi connectivity index (χ1n) is 4.91. The maximum absolute atomic E-state index is 11.1. The Morgan fingerprint density at radius 3 is 3.19 bits per heavy atom. The number of thioether (sulfide) groups is 1. The summed E-state index contributed by atoms with van der Waals surface area (Å²) in [6.45, 7) is 2.21. The third-order valence-corrected chi connectivity index (χ3v) is 2.70. The lowest BCUT2D eigenvalue weighted by molar-refractivity contribution is -0.139. The van der Waals surface area contributed by atoms with Crippen molar-refractivity contribution in [3.05, 3.63) is 24.0 Å². The normalized spacial score (nSPS) is 9.88. The maximum Gasteiger partial charge on any atom is 0.315 e. The van der Waals surface area contributed by atoms with Crippen LogP contribution in [0.1, 0.15) is 12.6 Å². The molecule has 0 aliphatic rings. The molecule has 0 radical (unpaired) electrons. The molecule has 3 N–H and O–H groups in total. The second-order valence-corrected chi connectivity index (χ2v) is 3.96. The number of carbonyl (C=O) groups is 1. The Morgan fingerprint density at radius 2 is 2.50 bits per heavy atom. The number of nitrogens with zero attached hydrogens (tertiary/aromatic N) is 1. The van der Waals surface area contributed by atoms with Gasteiger partial charge in [-0.15, -0.1) is 11.8 Å². The lowest BCUT2D eigenvalue weighted by Crippen LogP contribution is -2.08. The molecule has 6 heteroatoms. The summed E-state index contributed by atoms with van der Waals surface area (Å²) in [6, 6.07) is 3.62. The molecule has 0 bridgehead atoms. The fourth-order valence-electron chi connectivity index (χ4n) is 1.09. The van der Waals surface area contributed by atoms with E-state index in [2.05, 4.69) is 10.4 Å². The first kappa shape index (κ1) is 12.8. The molecule has 0 amide bonds. The molecule has 0 aromatic carbocycles. The number of nitrogens with one attached hydrogen (secondary N) is 1. The van der Waals surface area contributed by atoms with Gasteiger partial charge < -0.3 is 10.2 Å². The molecule has 0 unspecified atom stereocenters. The fourth-order valence-corrected chi connectivity index (χ4v) is 1.81. The molecule has 0 aliphatic carbocycles. The largest absolute Gasteiger partial charge is 0.465 e. The van der Waals surface area contributed by atoms with E-state index in [4.69, 9.17) is 10.6 Å². The summed E-state index contributed by atoms with van der Waals surface area (Å²) < 4.78 is 4.81. The predicted octanol–water partition coefficient (Wildman–Crippen LogP) is 1.16. The molecule has 88 valence electrons. The maximum atomic E-state index is 11.1. The highest BCUT2D eigenvalue weighted by Crippen LogP contribution is 2.13. The number of hydrazine groups is 1. The van der Waals surface area contributed by atoms with Gasteiger partial charge in [0, 0.05) is 11.9 Å². The zero-order valence-corrected chi connectivity index (χ0v) is 9.92. The number of hydrogen-bond acceptors (Lipinski definition) is 6. The van der Waals surface area contributed by atoms with Crippen molar-refractivity contribution in [2.45, 2.75) is 12.7 Å². The van der Waals surface area contributed by atoms with Crippen LogP contribution in [0.4, 0.5) is 5.69 Å². The van der Waals surface area contributed by atoms with Crippen molar-refractivity contribution in [1.82, 2.24) is 4.98 Å². The molecule has 1 aromatic rings. The molecule has 0 aliphatic heterocycles. The fraction of sp³-hybridized carbons (Fsp3) is 0.400. The van der Waals surface area contributed by atoms with Crippen molar-refractivity contribution in [3.8, 4) is 0 Å². The number of ether oxygens (including phenoxy) is 1. The molecule has 0 atom stereocenters. The Labute approximate surface area is 98.7 Å². The number of aromatic nitrogens is 1. The molecule has 16 heavy (non-hydrogen) atoms. The quantitative estimate of drug-likeness (QED) is 0.442. The first-order valence-corrected chi connectivity index (χ1v) is 6.06. The minimum absolute atomic E-state index is 0.194. The molecule has 1 rings (SSSR count). The van der Waals surface area contributed by atoms with Crippen molar-refractivity contribution < 1.29 is 9.53 Å². The second kappa shape index (κ2) is 7.08. The average Bonchev–Trinajstić information content (AvgIpc) is 2.30. The number of anilines is 1. The van der Waals surface area contributed by atoms with E-state index < -0.39 is 0 Å². The van der Waals surface area contributed by atoms with E-state index in [-0.39, 0.29) is 5.97 Å². The van der Waals surface area contributed by atoms with Gasteiger partial charge in [-0.25, -0.2) is 0 Å². The van der Waals surface area contributed by atoms with Crippen molar-refractivity contribution in [2.24, 2.45) is 5.84 Å². The molecule has 0 fully saturated rings. The van der Waals surface area contributed by atoms with Crippen LogP contribution in [0.2, 0.25) is 0 Å². The lowest BCUT2D eigenvalue weighted by atomic mass is 10.3. The molecular weight excluding hydrogens is 226 g/mol. The lowest BCUT2D eigenvalue weighted by Gasteiger charge is -2.04. The van der Waals surface area contributed by atoms with Crippen LogP contribution in [0.25, 0.3) is 0 Å². The van der Waals surface area contributed by atoms with Crippen molar-refractivity contribution in [1.29, 1.82) is 0 Å². The van der Waals surface area contributed by atoms with Crippen LogP contribution < -0.4 is 11.3 Å². The van der Waals surface area contributed by atoms with Crippen LogP contribution in [0.15, 0.2) is 18.3 Å². The number of esters is 1. The van der Waals surface area contributed by atoms with Gasteiger partial charge in [-0.3, -0.25) is 15.6 Å². The number of nitrogen functional groups attached to an aromatic ring is 1. The SMILES string of the molecule is CCOC(=O)CSCc1cc(NN)ccn1. The summed E-state index contributed by atoms with van der Waals surface area (Å²) in [5.41, 5.74) is 4.23. The summed E-state index contributed by atoms with van der Waals surface area (Å²) in [6.07, 6.45) is 1.68. The van der Waals surface area contributed by atoms with E-state index in [0.717, 1.165) is 11.4 Å². The average molecular weight is 241 g/mol. The van der Waals surface area contributed by atoms with Crippen LogP contribution >= 0.6 is 11.8 Å². The minimum Gasteiger partial charge on any atom is -0.465 e. The van der Waals surface area contributed by atoms with Gasteiger partial charge in [0.1, 0.15) is 0 Å². The Morgan fingerprint density at radius 1 is 1.69 bits per heavy atom. The molecule has 5 nitrogen and oxygen atoms in total. The van der Waals surface area contributed by atoms with Crippen LogP contribution in [0.3, 0.4) is 0 Å². The van der Waals surface area contributed by atoms with Gasteiger partial charge in [-0.1, -0.05) is 0 Å². The van der Waals surface area contributed by atoms with Gasteiger partial charge in [0.15, 0.2) is 0 Å². The van der Waals surface area contributed by atoms with Gasteiger partial charge in [0.25, 0.3) is 0 Å². The number of rotatable bonds is 6. The van der Waals surface area contributed by atoms with E-state index in [9.17, 15) is 4.79 Å². The molecular formula is C10H15N3O2S. The molecule has 1 aromatic heterocycles. The van der Waals surface area contributed by atoms with E-state index in [0.29, 0.717) is 18.1 Å². The van der Waals surface area contributed by atoms with E-state index >= 15 is 0 Å². The Balaban J connectivity index is 2.34. The number of hydrogen-bond donors (Lipinski definition) is 2. The van der Waals surface area contributed by atoms with Crippen molar-refractivity contribution >= 4 is 23.4 Å². The van der Waals surface area contributed by atoms with E-state index in [1.807, 2.05) is 6.07 Å². The zero-order valence-electron chi connectivity index (χ0n) is 9.10. The highest BCUT2D eigenvalue weighted by Gasteiger charge is 2.03. The van der Waals surface area contributed by atoms with Crippen LogP contribution in [-0.4, -0.2) is 23.3 Å². The highest BCUT2D eigenvalue weighted by molar-refractivity contribution is 7.99. The van der Waals surface area contributed by atoms with Gasteiger partial charge in [-0.2, -0.15) is 0 Å². The molecule has 0 saturated heterocycles. The van der Waals surface area contributed by atoms with Crippen LogP contribution in [-0.2, 0) is 15.3 Å². The molecule has 1 heterocycles. The summed E-state index contributed by atoms with van der Waals surface area (Å²) in [4.78, 5) is 15.2. The summed E-state index contributed by atoms with van der Waals surface area (Å²) in [5.74, 6) is 6.09. The van der Waals surface area contributed by atoms with Crippen LogP contribution in [0.5, 0.6) is 0 Å². The number of pyridine rings is 1. The van der Waals surface area contributed by atoms with E-state index in [1.54, 1.807) is 19.2 Å². The highest BCUT2D eigenvalue weighted by atomic mass is 32.2. The summed E-state index contributed by atoms with van der Waals surface area (Å²) in [7, 11) is 0. The molecule has 0 spiro atoms. The standard InChI is InChI=1S/C10H15N3O2S/c1-2-15-10(14)7-16-6-9-5-8(13-11)3-4-12-9/h3-5H,2,6-7,11H2,1H3,(H,12,13). The Hall–Kier alpha value is -1.27. The Bertz CT molecular complexity index is 347. The minimum atomic E-state index is -0.194. The van der Waals surface area contributed by atoms with Gasteiger partial charge in [0.05, 0.1) is 23.7 Å². The predicted molar refractivity (Wildman–Crippen MR) is 64.8 cm³/mol. The monoisotopic (exact) mass is 241 g/mol. The first-order chi connectivity index (χ1) is 7.76. The van der Waals surface area contributed by atoms with Gasteiger partial charge in [0.2, 0.25) is 0 Å². The second-order valence-electron chi connectivity index (χ2n) is 2.98. The van der Waals surface area contributed by atoms with Crippen molar-refractivity contribution in [2.75, 3.05) is 17.8 Å². The van der Waals surface area contributed by atoms with E-state index in [1.165, 1.54) is 11.8 Å². The Kier molecular flexibility index (Phi) is 5.66. The number of nitrogens with two attached hydrogens (primary N) is 1.